The van der Waals surface area contributed by atoms with Gasteiger partial charge in [0.1, 0.15) is 23.9 Å². The van der Waals surface area contributed by atoms with Crippen LogP contribution in [0.25, 0.3) is 17.2 Å². The number of hydrogen-bond acceptors (Lipinski definition) is 6. The molecule has 0 aromatic carbocycles. The molecule has 0 fully saturated rings. The minimum atomic E-state index is 0.496. The second-order valence-corrected chi connectivity index (χ2v) is 6.24. The lowest BCUT2D eigenvalue weighted by Crippen LogP contribution is -2.10. The molecule has 0 saturated heterocycles. The molecule has 4 rings (SSSR count). The molecular formula is C19H18N8. The third-order valence-electron chi connectivity index (χ3n) is 4.35. The van der Waals surface area contributed by atoms with Crippen LogP contribution >= 0.6 is 0 Å². The van der Waals surface area contributed by atoms with Crippen molar-refractivity contribution in [3.63, 3.8) is 0 Å². The monoisotopic (exact) mass is 358 g/mol. The van der Waals surface area contributed by atoms with Crippen LogP contribution in [0.5, 0.6) is 0 Å². The zero-order chi connectivity index (χ0) is 18.8. The van der Waals surface area contributed by atoms with Gasteiger partial charge in [0, 0.05) is 24.2 Å². The van der Waals surface area contributed by atoms with E-state index in [9.17, 15) is 5.26 Å². The highest BCUT2D eigenvalue weighted by Gasteiger charge is 2.16. The largest absolute Gasteiger partial charge is 0.324 e. The maximum atomic E-state index is 9.38. The Hall–Kier alpha value is -3.60. The molecule has 0 unspecified atom stereocenters. The number of nitriles is 1. The van der Waals surface area contributed by atoms with Crippen LogP contribution in [0, 0.1) is 18.3 Å². The number of fused-ring (bicyclic) bond motifs is 1. The summed E-state index contributed by atoms with van der Waals surface area (Å²) in [7, 11) is 0. The first kappa shape index (κ1) is 16.8. The molecule has 0 aliphatic heterocycles. The number of pyridine rings is 1. The summed E-state index contributed by atoms with van der Waals surface area (Å²) in [5.41, 5.74) is 3.92. The van der Waals surface area contributed by atoms with Gasteiger partial charge in [-0.3, -0.25) is 4.98 Å². The standard InChI is InChI=1S/C19H18N8/c1-3-5-15-16(23-12-27-18(15)24-13(2)25-27)11-26-9-8-22-19(26)17-14(10-20)6-4-7-21-17/h4,6-9,12H,3,5,11H2,1-2H3. The smallest absolute Gasteiger partial charge is 0.162 e. The van der Waals surface area contributed by atoms with E-state index in [1.165, 1.54) is 0 Å². The van der Waals surface area contributed by atoms with Crippen molar-refractivity contribution < 1.29 is 0 Å². The fraction of sp³-hybridized carbons (Fsp3) is 0.263. The molecule has 0 aliphatic carbocycles. The summed E-state index contributed by atoms with van der Waals surface area (Å²) >= 11 is 0. The Kier molecular flexibility index (Phi) is 4.34. The maximum Gasteiger partial charge on any atom is 0.162 e. The van der Waals surface area contributed by atoms with E-state index in [1.807, 2.05) is 17.7 Å². The zero-order valence-corrected chi connectivity index (χ0v) is 15.2. The third kappa shape index (κ3) is 3.04. The van der Waals surface area contributed by atoms with E-state index in [0.29, 0.717) is 23.6 Å². The number of aromatic nitrogens is 7. The van der Waals surface area contributed by atoms with Gasteiger partial charge in [-0.1, -0.05) is 13.3 Å². The van der Waals surface area contributed by atoms with E-state index in [2.05, 4.69) is 38.0 Å². The SMILES string of the molecule is CCCc1c(Cn2ccnc2-c2ncccc2C#N)ncn2nc(C)nc12. The molecular weight excluding hydrogens is 340 g/mol. The highest BCUT2D eigenvalue weighted by Crippen LogP contribution is 2.22. The van der Waals surface area contributed by atoms with Crippen molar-refractivity contribution >= 4 is 5.65 Å². The zero-order valence-electron chi connectivity index (χ0n) is 15.2. The van der Waals surface area contributed by atoms with Crippen molar-refractivity contribution in [2.45, 2.75) is 33.2 Å². The lowest BCUT2D eigenvalue weighted by atomic mass is 10.1. The van der Waals surface area contributed by atoms with Crippen molar-refractivity contribution in [1.29, 1.82) is 5.26 Å². The Labute approximate surface area is 156 Å². The Morgan fingerprint density at radius 3 is 2.89 bits per heavy atom. The van der Waals surface area contributed by atoms with Crippen LogP contribution in [0.1, 0.15) is 36.0 Å². The molecule has 0 aliphatic rings. The Morgan fingerprint density at radius 2 is 2.07 bits per heavy atom. The average molecular weight is 358 g/mol. The molecule has 134 valence electrons. The number of hydrogen-bond donors (Lipinski definition) is 0. The van der Waals surface area contributed by atoms with Gasteiger partial charge in [0.05, 0.1) is 17.8 Å². The second-order valence-electron chi connectivity index (χ2n) is 6.24. The maximum absolute atomic E-state index is 9.38. The van der Waals surface area contributed by atoms with E-state index >= 15 is 0 Å². The van der Waals surface area contributed by atoms with E-state index < -0.39 is 0 Å². The quantitative estimate of drug-likeness (QED) is 0.544. The second kappa shape index (κ2) is 6.96. The fourth-order valence-corrected chi connectivity index (χ4v) is 3.18. The molecule has 27 heavy (non-hydrogen) atoms. The predicted octanol–water partition coefficient (Wildman–Crippen LogP) is 2.56. The molecule has 8 heteroatoms. The molecule has 0 saturated carbocycles. The van der Waals surface area contributed by atoms with Crippen molar-refractivity contribution in [3.05, 3.63) is 59.7 Å². The number of nitrogens with zero attached hydrogens (tertiary/aromatic N) is 8. The molecule has 0 radical (unpaired) electrons. The van der Waals surface area contributed by atoms with Crippen LogP contribution in [0.4, 0.5) is 0 Å². The van der Waals surface area contributed by atoms with E-state index in [0.717, 1.165) is 35.6 Å². The lowest BCUT2D eigenvalue weighted by Gasteiger charge is -2.12. The first-order chi connectivity index (χ1) is 13.2. The fourth-order valence-electron chi connectivity index (χ4n) is 3.18. The summed E-state index contributed by atoms with van der Waals surface area (Å²) in [5, 5.41) is 13.7. The molecule has 4 heterocycles. The average Bonchev–Trinajstić information content (AvgIpc) is 3.29. The van der Waals surface area contributed by atoms with Crippen LogP contribution < -0.4 is 0 Å². The van der Waals surface area contributed by atoms with E-state index in [-0.39, 0.29) is 0 Å². The van der Waals surface area contributed by atoms with Gasteiger partial charge in [-0.2, -0.15) is 10.4 Å². The highest BCUT2D eigenvalue weighted by molar-refractivity contribution is 5.60. The first-order valence-electron chi connectivity index (χ1n) is 8.77. The van der Waals surface area contributed by atoms with Gasteiger partial charge in [-0.15, -0.1) is 0 Å². The summed E-state index contributed by atoms with van der Waals surface area (Å²) in [6.07, 6.45) is 8.80. The van der Waals surface area contributed by atoms with Crippen LogP contribution in [0.15, 0.2) is 37.1 Å². The Bertz CT molecular complexity index is 1150. The van der Waals surface area contributed by atoms with Crippen molar-refractivity contribution in [2.75, 3.05) is 0 Å². The third-order valence-corrected chi connectivity index (χ3v) is 4.35. The van der Waals surface area contributed by atoms with Gasteiger partial charge >= 0.3 is 0 Å². The Balaban J connectivity index is 1.79. The van der Waals surface area contributed by atoms with Gasteiger partial charge in [0.15, 0.2) is 11.5 Å². The predicted molar refractivity (Wildman–Crippen MR) is 98.8 cm³/mol. The molecule has 0 atom stereocenters. The molecule has 0 spiro atoms. The van der Waals surface area contributed by atoms with Gasteiger partial charge < -0.3 is 4.57 Å². The van der Waals surface area contributed by atoms with Gasteiger partial charge in [0.2, 0.25) is 0 Å². The minimum Gasteiger partial charge on any atom is -0.324 e. The summed E-state index contributed by atoms with van der Waals surface area (Å²) in [5.74, 6) is 1.37. The lowest BCUT2D eigenvalue weighted by molar-refractivity contribution is 0.742. The van der Waals surface area contributed by atoms with E-state index in [1.54, 1.807) is 35.4 Å². The normalized spacial score (nSPS) is 11.0. The van der Waals surface area contributed by atoms with Crippen LogP contribution in [-0.4, -0.2) is 34.1 Å². The van der Waals surface area contributed by atoms with Crippen molar-refractivity contribution in [2.24, 2.45) is 0 Å². The molecule has 4 aromatic heterocycles. The van der Waals surface area contributed by atoms with Crippen LogP contribution in [0.3, 0.4) is 0 Å². The van der Waals surface area contributed by atoms with Crippen molar-refractivity contribution in [3.8, 4) is 17.6 Å². The Morgan fingerprint density at radius 1 is 1.19 bits per heavy atom. The van der Waals surface area contributed by atoms with Crippen molar-refractivity contribution in [1.82, 2.24) is 34.1 Å². The van der Waals surface area contributed by atoms with Crippen LogP contribution in [0.2, 0.25) is 0 Å². The molecule has 4 aromatic rings. The topological polar surface area (TPSA) is 97.6 Å². The number of rotatable bonds is 5. The number of aryl methyl sites for hydroxylation is 2. The molecule has 0 N–H and O–H groups in total. The van der Waals surface area contributed by atoms with Gasteiger partial charge in [0.25, 0.3) is 0 Å². The van der Waals surface area contributed by atoms with E-state index in [4.69, 9.17) is 0 Å². The summed E-state index contributed by atoms with van der Waals surface area (Å²) in [6, 6.07) is 5.67. The molecule has 0 amide bonds. The van der Waals surface area contributed by atoms with Gasteiger partial charge in [-0.25, -0.2) is 19.5 Å². The summed E-state index contributed by atoms with van der Waals surface area (Å²) in [4.78, 5) is 18.0. The van der Waals surface area contributed by atoms with Crippen LogP contribution in [-0.2, 0) is 13.0 Å². The first-order valence-corrected chi connectivity index (χ1v) is 8.77. The summed E-state index contributed by atoms with van der Waals surface area (Å²) in [6.45, 7) is 4.53. The molecule has 8 nitrogen and oxygen atoms in total. The minimum absolute atomic E-state index is 0.496. The molecule has 0 bridgehead atoms. The number of imidazole rings is 1. The highest BCUT2D eigenvalue weighted by atomic mass is 15.3. The van der Waals surface area contributed by atoms with Gasteiger partial charge in [-0.05, 0) is 25.5 Å². The summed E-state index contributed by atoms with van der Waals surface area (Å²) < 4.78 is 3.69.